The van der Waals surface area contributed by atoms with Crippen LogP contribution in [0.5, 0.6) is 0 Å². The van der Waals surface area contributed by atoms with Crippen LogP contribution in [0.4, 0.5) is 0 Å². The molecule has 2 rings (SSSR count). The Balaban J connectivity index is 0.00000612. The highest BCUT2D eigenvalue weighted by Crippen LogP contribution is 2.31. The van der Waals surface area contributed by atoms with Crippen molar-refractivity contribution in [1.29, 1.82) is 0 Å². The molecule has 35 heavy (non-hydrogen) atoms. The lowest BCUT2D eigenvalue weighted by atomic mass is 9.81. The summed E-state index contributed by atoms with van der Waals surface area (Å²) in [5.74, 6) is -0.129. The first-order chi connectivity index (χ1) is 15.6. The van der Waals surface area contributed by atoms with Crippen molar-refractivity contribution in [1.82, 2.24) is 16.8 Å². The summed E-state index contributed by atoms with van der Waals surface area (Å²) < 4.78 is 11.6. The van der Waals surface area contributed by atoms with Crippen LogP contribution in [0, 0.1) is 0 Å². The molecule has 0 aliphatic carbocycles. The van der Waals surface area contributed by atoms with Gasteiger partial charge in [-0.3, -0.25) is 9.59 Å². The molecule has 7 nitrogen and oxygen atoms in total. The summed E-state index contributed by atoms with van der Waals surface area (Å²) in [7, 11) is 0. The van der Waals surface area contributed by atoms with Crippen molar-refractivity contribution in [3.8, 4) is 0 Å². The number of carbonyl (C=O) groups excluding carboxylic acids is 2. The molecule has 2 fully saturated rings. The topological polar surface area (TPSA) is 112 Å². The quantitative estimate of drug-likeness (QED) is 0.238. The SMILES string of the molecule is CC1(C)CC(OC(=O)CCCCCCCCC(=O)OC2CC(C)(C)NC(C)(C)C2)CC(C)(C)N1.N. The summed E-state index contributed by atoms with van der Waals surface area (Å²) in [6.07, 6.45) is 10.4. The minimum absolute atomic E-state index is 0. The van der Waals surface area contributed by atoms with Gasteiger partial charge in [-0.15, -0.1) is 0 Å². The summed E-state index contributed by atoms with van der Waals surface area (Å²) in [4.78, 5) is 24.6. The molecule has 0 saturated carbocycles. The molecule has 0 atom stereocenters. The summed E-state index contributed by atoms with van der Waals surface area (Å²) in [6.45, 7) is 17.4. The molecule has 2 aliphatic rings. The third-order valence-corrected chi connectivity index (χ3v) is 6.91. The van der Waals surface area contributed by atoms with E-state index in [1.165, 1.54) is 0 Å². The Bertz CT molecular complexity index is 598. The highest BCUT2D eigenvalue weighted by molar-refractivity contribution is 5.69. The van der Waals surface area contributed by atoms with E-state index in [-0.39, 0.29) is 52.5 Å². The zero-order valence-electron chi connectivity index (χ0n) is 24.0. The van der Waals surface area contributed by atoms with Gasteiger partial charge in [-0.1, -0.05) is 25.7 Å². The first-order valence-corrected chi connectivity index (χ1v) is 13.5. The number of rotatable bonds is 11. The van der Waals surface area contributed by atoms with Gasteiger partial charge in [0.25, 0.3) is 0 Å². The van der Waals surface area contributed by atoms with E-state index in [0.29, 0.717) is 12.8 Å². The van der Waals surface area contributed by atoms with Crippen molar-refractivity contribution in [2.45, 2.75) is 167 Å². The molecule has 2 heterocycles. The highest BCUT2D eigenvalue weighted by atomic mass is 16.5. The molecule has 0 spiro atoms. The number of esters is 2. The molecule has 0 aromatic carbocycles. The Morgan fingerprint density at radius 3 is 1.11 bits per heavy atom. The number of hydrogen-bond donors (Lipinski definition) is 3. The van der Waals surface area contributed by atoms with Crippen LogP contribution < -0.4 is 16.8 Å². The number of hydrogen-bond acceptors (Lipinski definition) is 7. The van der Waals surface area contributed by atoms with E-state index in [0.717, 1.165) is 64.2 Å². The molecule has 0 aromatic rings. The number of piperidine rings is 2. The van der Waals surface area contributed by atoms with Crippen molar-refractivity contribution in [2.24, 2.45) is 0 Å². The van der Waals surface area contributed by atoms with Gasteiger partial charge in [0.15, 0.2) is 0 Å². The number of carbonyl (C=O) groups is 2. The monoisotopic (exact) mass is 497 g/mol. The van der Waals surface area contributed by atoms with Crippen LogP contribution in [0.3, 0.4) is 0 Å². The summed E-state index contributed by atoms with van der Waals surface area (Å²) in [6, 6.07) is 0. The van der Waals surface area contributed by atoms with Crippen LogP contribution in [-0.4, -0.2) is 46.3 Å². The molecule has 2 saturated heterocycles. The van der Waals surface area contributed by atoms with Crippen LogP contribution in [-0.2, 0) is 19.1 Å². The fourth-order valence-corrected chi connectivity index (χ4v) is 6.36. The Morgan fingerprint density at radius 1 is 0.571 bits per heavy atom. The maximum atomic E-state index is 12.3. The molecule has 2 aliphatic heterocycles. The van der Waals surface area contributed by atoms with Gasteiger partial charge < -0.3 is 26.3 Å². The second-order valence-electron chi connectivity index (χ2n) is 13.4. The second kappa shape index (κ2) is 12.9. The van der Waals surface area contributed by atoms with E-state index in [1.54, 1.807) is 0 Å². The van der Waals surface area contributed by atoms with Gasteiger partial charge in [-0.05, 0) is 68.2 Å². The van der Waals surface area contributed by atoms with Crippen LogP contribution in [0.15, 0.2) is 0 Å². The predicted octanol–water partition coefficient (Wildman–Crippen LogP) is 5.97. The van der Waals surface area contributed by atoms with Gasteiger partial charge >= 0.3 is 11.9 Å². The number of unbranched alkanes of at least 4 members (excludes halogenated alkanes) is 5. The fourth-order valence-electron chi connectivity index (χ4n) is 6.36. The molecule has 0 radical (unpaired) electrons. The molecule has 0 amide bonds. The lowest BCUT2D eigenvalue weighted by Crippen LogP contribution is -2.59. The van der Waals surface area contributed by atoms with E-state index >= 15 is 0 Å². The van der Waals surface area contributed by atoms with E-state index < -0.39 is 0 Å². The third-order valence-electron chi connectivity index (χ3n) is 6.91. The van der Waals surface area contributed by atoms with Gasteiger partial charge in [0.2, 0.25) is 0 Å². The largest absolute Gasteiger partial charge is 0.462 e. The van der Waals surface area contributed by atoms with E-state index in [2.05, 4.69) is 66.0 Å². The Hall–Kier alpha value is -1.18. The summed E-state index contributed by atoms with van der Waals surface area (Å²) in [5, 5.41) is 7.25. The summed E-state index contributed by atoms with van der Waals surface area (Å²) >= 11 is 0. The normalized spacial score (nSPS) is 23.2. The van der Waals surface area contributed by atoms with Crippen LogP contribution >= 0.6 is 0 Å². The molecular weight excluding hydrogens is 442 g/mol. The zero-order chi connectivity index (χ0) is 25.6. The number of ether oxygens (including phenoxy) is 2. The Morgan fingerprint density at radius 2 is 0.829 bits per heavy atom. The Kier molecular flexibility index (Phi) is 11.7. The van der Waals surface area contributed by atoms with Crippen molar-refractivity contribution >= 4 is 11.9 Å². The molecule has 5 N–H and O–H groups in total. The van der Waals surface area contributed by atoms with Gasteiger partial charge in [0.05, 0.1) is 0 Å². The molecule has 206 valence electrons. The lowest BCUT2D eigenvalue weighted by molar-refractivity contribution is -0.154. The van der Waals surface area contributed by atoms with Gasteiger partial charge in [0, 0.05) is 60.7 Å². The minimum atomic E-state index is -0.0643. The maximum absolute atomic E-state index is 12.3. The number of nitrogens with one attached hydrogen (secondary N) is 2. The molecule has 0 unspecified atom stereocenters. The van der Waals surface area contributed by atoms with Crippen molar-refractivity contribution in [3.05, 3.63) is 0 Å². The maximum Gasteiger partial charge on any atom is 0.306 e. The van der Waals surface area contributed by atoms with E-state index in [1.807, 2.05) is 0 Å². The minimum Gasteiger partial charge on any atom is -0.462 e. The average Bonchev–Trinajstić information content (AvgIpc) is 2.58. The Labute approximate surface area is 214 Å². The van der Waals surface area contributed by atoms with E-state index in [9.17, 15) is 9.59 Å². The molecule has 7 heteroatoms. The molecular formula is C28H55N3O4. The van der Waals surface area contributed by atoms with Crippen LogP contribution in [0.1, 0.15) is 132 Å². The standard InChI is InChI=1S/C28H52N2O4.H3N/c1-25(2)17-21(18-26(3,4)29-25)33-23(31)15-13-11-9-10-12-14-16-24(32)34-22-19-27(5,6)30-28(7,8)20-22;/h21-22,29-30H,9-20H2,1-8H3;1H3. The second-order valence-corrected chi connectivity index (χ2v) is 13.4. The van der Waals surface area contributed by atoms with Crippen molar-refractivity contribution in [2.75, 3.05) is 0 Å². The smallest absolute Gasteiger partial charge is 0.306 e. The fraction of sp³-hybridized carbons (Fsp3) is 0.929. The zero-order valence-corrected chi connectivity index (χ0v) is 24.0. The van der Waals surface area contributed by atoms with Gasteiger partial charge in [0.1, 0.15) is 12.2 Å². The lowest BCUT2D eigenvalue weighted by Gasteiger charge is -2.46. The third kappa shape index (κ3) is 12.6. The highest BCUT2D eigenvalue weighted by Gasteiger charge is 2.40. The predicted molar refractivity (Wildman–Crippen MR) is 143 cm³/mol. The first kappa shape index (κ1) is 31.8. The van der Waals surface area contributed by atoms with Crippen molar-refractivity contribution in [3.63, 3.8) is 0 Å². The van der Waals surface area contributed by atoms with Crippen molar-refractivity contribution < 1.29 is 19.1 Å². The van der Waals surface area contributed by atoms with Gasteiger partial charge in [-0.25, -0.2) is 0 Å². The molecule has 0 bridgehead atoms. The van der Waals surface area contributed by atoms with Crippen LogP contribution in [0.2, 0.25) is 0 Å². The summed E-state index contributed by atoms with van der Waals surface area (Å²) in [5.41, 5.74) is -0.0559. The first-order valence-electron chi connectivity index (χ1n) is 13.5. The van der Waals surface area contributed by atoms with E-state index in [4.69, 9.17) is 9.47 Å². The molecule has 0 aromatic heterocycles. The average molecular weight is 498 g/mol. The van der Waals surface area contributed by atoms with Gasteiger partial charge in [-0.2, -0.15) is 0 Å². The van der Waals surface area contributed by atoms with Crippen LogP contribution in [0.25, 0.3) is 0 Å².